The van der Waals surface area contributed by atoms with Gasteiger partial charge in [-0.25, -0.2) is 0 Å². The lowest BCUT2D eigenvalue weighted by atomic mass is 10.2. The number of carbonyl (C=O) groups is 3. The van der Waals surface area contributed by atoms with Crippen molar-refractivity contribution in [2.45, 2.75) is 51.4 Å². The van der Waals surface area contributed by atoms with E-state index in [4.69, 9.17) is 10.2 Å². The maximum atomic E-state index is 12.0. The molecule has 1 aromatic carbocycles. The molecule has 7 nitrogen and oxygen atoms in total. The van der Waals surface area contributed by atoms with Gasteiger partial charge in [0.25, 0.3) is 5.91 Å². The molecule has 0 unspecified atom stereocenters. The van der Waals surface area contributed by atoms with E-state index in [1.807, 2.05) is 0 Å². The van der Waals surface area contributed by atoms with Gasteiger partial charge in [0.05, 0.1) is 6.54 Å². The van der Waals surface area contributed by atoms with Crippen LogP contribution in [0.1, 0.15) is 37.6 Å². The minimum atomic E-state index is -1.94. The summed E-state index contributed by atoms with van der Waals surface area (Å²) in [4.78, 5) is 35.6. The van der Waals surface area contributed by atoms with Crippen LogP contribution in [0.5, 0.6) is 0 Å². The number of hydrogen-bond donors (Lipinski definition) is 3. The quantitative estimate of drug-likeness (QED) is 0.556. The predicted molar refractivity (Wildman–Crippen MR) is 108 cm³/mol. The van der Waals surface area contributed by atoms with E-state index in [9.17, 15) is 14.4 Å². The van der Waals surface area contributed by atoms with Crippen LogP contribution >= 0.6 is 0 Å². The van der Waals surface area contributed by atoms with Gasteiger partial charge in [0.2, 0.25) is 11.8 Å². The summed E-state index contributed by atoms with van der Waals surface area (Å²) in [6.45, 7) is 10.7. The van der Waals surface area contributed by atoms with Gasteiger partial charge in [-0.15, -0.1) is 0 Å². The topological polar surface area (TPSA) is 111 Å². The third kappa shape index (κ3) is 7.52. The van der Waals surface area contributed by atoms with E-state index < -0.39 is 26.2 Å². The van der Waals surface area contributed by atoms with Gasteiger partial charge in [0, 0.05) is 12.2 Å². The maximum Gasteiger partial charge on any atom is 0.251 e. The van der Waals surface area contributed by atoms with Crippen molar-refractivity contribution in [2.75, 3.05) is 13.2 Å². The average molecular weight is 394 g/mol. The Balaban J connectivity index is 2.48. The fourth-order valence-corrected chi connectivity index (χ4v) is 3.09. The average Bonchev–Trinajstić information content (AvgIpc) is 2.58. The first-order valence-electron chi connectivity index (χ1n) is 9.00. The summed E-state index contributed by atoms with van der Waals surface area (Å²) in [5.41, 5.74) is 5.84. The summed E-state index contributed by atoms with van der Waals surface area (Å²) in [6, 6.07) is 7.74. The molecular weight excluding hydrogens is 362 g/mol. The van der Waals surface area contributed by atoms with Gasteiger partial charge >= 0.3 is 0 Å². The normalized spacial score (nSPS) is 12.9. The van der Waals surface area contributed by atoms with Crippen LogP contribution in [0.25, 0.3) is 0 Å². The van der Waals surface area contributed by atoms with E-state index in [0.717, 1.165) is 0 Å². The van der Waals surface area contributed by atoms with E-state index in [-0.39, 0.29) is 17.5 Å². The largest absolute Gasteiger partial charge is 0.417 e. The number of amides is 3. The number of rotatable bonds is 9. The lowest BCUT2D eigenvalue weighted by Crippen LogP contribution is -2.49. The van der Waals surface area contributed by atoms with Crippen molar-refractivity contribution < 1.29 is 18.8 Å². The van der Waals surface area contributed by atoms with Crippen molar-refractivity contribution in [1.82, 2.24) is 10.6 Å². The molecule has 27 heavy (non-hydrogen) atoms. The molecule has 1 aromatic rings. The number of hydrogen-bond acceptors (Lipinski definition) is 4. The minimum Gasteiger partial charge on any atom is -0.417 e. The molecule has 0 aliphatic carbocycles. The van der Waals surface area contributed by atoms with Crippen LogP contribution in [0.15, 0.2) is 30.3 Å². The van der Waals surface area contributed by atoms with Crippen molar-refractivity contribution in [3.63, 3.8) is 0 Å². The Kier molecular flexibility index (Phi) is 8.17. The van der Waals surface area contributed by atoms with E-state index in [2.05, 4.69) is 44.5 Å². The highest BCUT2D eigenvalue weighted by Gasteiger charge is 2.37. The van der Waals surface area contributed by atoms with Crippen LogP contribution < -0.4 is 16.4 Å². The fraction of sp³-hybridized carbons (Fsp3) is 0.526. The Morgan fingerprint density at radius 1 is 1.15 bits per heavy atom. The second-order valence-electron chi connectivity index (χ2n) is 7.97. The molecule has 0 saturated carbocycles. The third-order valence-corrected chi connectivity index (χ3v) is 9.34. The highest BCUT2D eigenvalue weighted by atomic mass is 28.4. The molecule has 1 rings (SSSR count). The molecule has 0 aliphatic heterocycles. The molecule has 0 saturated heterocycles. The monoisotopic (exact) mass is 393 g/mol. The second-order valence-corrected chi connectivity index (χ2v) is 12.8. The first-order chi connectivity index (χ1) is 12.4. The Morgan fingerprint density at radius 2 is 1.74 bits per heavy atom. The lowest BCUT2D eigenvalue weighted by molar-refractivity contribution is -0.127. The summed E-state index contributed by atoms with van der Waals surface area (Å²) in [6.07, 6.45) is 0.292. The highest BCUT2D eigenvalue weighted by Crippen LogP contribution is 2.36. The van der Waals surface area contributed by atoms with Crippen molar-refractivity contribution in [1.29, 1.82) is 0 Å². The van der Waals surface area contributed by atoms with E-state index in [0.29, 0.717) is 18.6 Å². The summed E-state index contributed by atoms with van der Waals surface area (Å²) in [7, 11) is -1.94. The molecule has 8 heteroatoms. The van der Waals surface area contributed by atoms with Crippen molar-refractivity contribution in [3.05, 3.63) is 35.9 Å². The molecular formula is C19H31N3O4Si. The van der Waals surface area contributed by atoms with Crippen LogP contribution in [0, 0.1) is 0 Å². The lowest BCUT2D eigenvalue weighted by Gasteiger charge is -2.36. The maximum absolute atomic E-state index is 12.0. The molecule has 0 aromatic heterocycles. The third-order valence-electron chi connectivity index (χ3n) is 4.80. The van der Waals surface area contributed by atoms with Gasteiger partial charge < -0.3 is 20.8 Å². The number of carbonyl (C=O) groups excluding carboxylic acids is 3. The fourth-order valence-electron chi connectivity index (χ4n) is 2.03. The van der Waals surface area contributed by atoms with Crippen molar-refractivity contribution >= 4 is 26.0 Å². The molecule has 1 atom stereocenters. The first-order valence-corrected chi connectivity index (χ1v) is 11.9. The van der Waals surface area contributed by atoms with Gasteiger partial charge in [-0.3, -0.25) is 14.4 Å². The molecule has 0 radical (unpaired) electrons. The zero-order chi connectivity index (χ0) is 20.7. The van der Waals surface area contributed by atoms with E-state index in [1.165, 1.54) is 0 Å². The van der Waals surface area contributed by atoms with E-state index in [1.54, 1.807) is 30.3 Å². The number of nitrogens with two attached hydrogens (primary N) is 1. The standard InChI is InChI=1S/C19H31N3O4Si/c1-19(2,3)27(4,5)26-12-11-15(17(20)24)22-16(23)13-21-18(25)14-9-7-6-8-10-14/h6-10,15H,11-13H2,1-5H3,(H2,20,24)(H,21,25)(H,22,23)/t15-/m0/s1. The summed E-state index contributed by atoms with van der Waals surface area (Å²) < 4.78 is 6.02. The zero-order valence-electron chi connectivity index (χ0n) is 16.8. The molecule has 0 bridgehead atoms. The highest BCUT2D eigenvalue weighted by molar-refractivity contribution is 6.74. The van der Waals surface area contributed by atoms with Crippen LogP contribution in [0.4, 0.5) is 0 Å². The smallest absolute Gasteiger partial charge is 0.251 e. The van der Waals surface area contributed by atoms with Crippen LogP contribution in [0.2, 0.25) is 18.1 Å². The van der Waals surface area contributed by atoms with Gasteiger partial charge in [-0.2, -0.15) is 0 Å². The molecule has 0 spiro atoms. The predicted octanol–water partition coefficient (Wildman–Crippen LogP) is 1.80. The van der Waals surface area contributed by atoms with Gasteiger partial charge in [-0.05, 0) is 36.7 Å². The Labute approximate surface area is 162 Å². The van der Waals surface area contributed by atoms with Gasteiger partial charge in [-0.1, -0.05) is 39.0 Å². The molecule has 150 valence electrons. The van der Waals surface area contributed by atoms with Crippen LogP contribution in [-0.2, 0) is 14.0 Å². The van der Waals surface area contributed by atoms with Crippen molar-refractivity contribution in [2.24, 2.45) is 5.73 Å². The van der Waals surface area contributed by atoms with Crippen LogP contribution in [-0.4, -0.2) is 45.2 Å². The van der Waals surface area contributed by atoms with Crippen molar-refractivity contribution in [3.8, 4) is 0 Å². The summed E-state index contributed by atoms with van der Waals surface area (Å²) in [5, 5.41) is 5.13. The molecule has 0 fully saturated rings. The number of primary amides is 1. The minimum absolute atomic E-state index is 0.0557. The van der Waals surface area contributed by atoms with E-state index >= 15 is 0 Å². The Morgan fingerprint density at radius 3 is 2.26 bits per heavy atom. The summed E-state index contributed by atoms with van der Waals surface area (Å²) >= 11 is 0. The molecule has 0 aliphatic rings. The second kappa shape index (κ2) is 9.66. The Hall–Kier alpha value is -2.19. The Bertz CT molecular complexity index is 657. The number of nitrogens with one attached hydrogen (secondary N) is 2. The number of benzene rings is 1. The molecule has 4 N–H and O–H groups in total. The molecule has 0 heterocycles. The zero-order valence-corrected chi connectivity index (χ0v) is 17.8. The molecule has 3 amide bonds. The van der Waals surface area contributed by atoms with Crippen LogP contribution in [0.3, 0.4) is 0 Å². The van der Waals surface area contributed by atoms with Gasteiger partial charge in [0.15, 0.2) is 8.32 Å². The SMILES string of the molecule is CC(C)(C)[Si](C)(C)OCC[C@H](NC(=O)CNC(=O)c1ccccc1)C(N)=O. The first kappa shape index (κ1) is 22.8. The summed E-state index contributed by atoms with van der Waals surface area (Å²) in [5.74, 6) is -1.46. The van der Waals surface area contributed by atoms with Gasteiger partial charge in [0.1, 0.15) is 6.04 Å².